The molecule has 0 aromatic carbocycles. The third-order valence-electron chi connectivity index (χ3n) is 4.91. The van der Waals surface area contributed by atoms with Gasteiger partial charge in [0.15, 0.2) is 0 Å². The van der Waals surface area contributed by atoms with Gasteiger partial charge in [-0.25, -0.2) is 0 Å². The molecule has 0 spiro atoms. The summed E-state index contributed by atoms with van der Waals surface area (Å²) in [6.45, 7) is 10.2. The molecule has 0 radical (unpaired) electrons. The minimum atomic E-state index is -0.0179. The number of carbonyl (C=O) groups excluding carboxylic acids is 1. The molecule has 0 aromatic rings. The van der Waals surface area contributed by atoms with Crippen molar-refractivity contribution in [3.8, 4) is 0 Å². The maximum atomic E-state index is 12.3. The summed E-state index contributed by atoms with van der Waals surface area (Å²) < 4.78 is 5.70. The van der Waals surface area contributed by atoms with Crippen molar-refractivity contribution in [1.82, 2.24) is 10.6 Å². The summed E-state index contributed by atoms with van der Waals surface area (Å²) in [6, 6.07) is 0.225. The van der Waals surface area contributed by atoms with E-state index in [-0.39, 0.29) is 29.5 Å². The minimum absolute atomic E-state index is 0.0179. The fraction of sp³-hybridized carbons (Fsp3) is 0.933. The third kappa shape index (κ3) is 2.95. The monoisotopic (exact) mass is 268 g/mol. The highest BCUT2D eigenvalue weighted by Crippen LogP contribution is 2.42. The summed E-state index contributed by atoms with van der Waals surface area (Å²) in [5.74, 6) is 0.597. The SMILES string of the molecule is CCOC1CC(NC(=O)C2NCCCC2C)C1(C)C. The highest BCUT2D eigenvalue weighted by Gasteiger charge is 2.50. The van der Waals surface area contributed by atoms with Crippen LogP contribution in [0.1, 0.15) is 47.0 Å². The van der Waals surface area contributed by atoms with Crippen molar-refractivity contribution >= 4 is 5.91 Å². The van der Waals surface area contributed by atoms with Gasteiger partial charge in [-0.3, -0.25) is 4.79 Å². The van der Waals surface area contributed by atoms with Crippen LogP contribution in [0.5, 0.6) is 0 Å². The number of hydrogen-bond donors (Lipinski definition) is 2. The molecule has 0 aromatic heterocycles. The summed E-state index contributed by atoms with van der Waals surface area (Å²) in [6.07, 6.45) is 3.53. The van der Waals surface area contributed by atoms with E-state index in [4.69, 9.17) is 4.74 Å². The van der Waals surface area contributed by atoms with Crippen molar-refractivity contribution in [3.63, 3.8) is 0 Å². The summed E-state index contributed by atoms with van der Waals surface area (Å²) in [5.41, 5.74) is 0.0452. The molecule has 2 N–H and O–H groups in total. The molecule has 1 aliphatic heterocycles. The first kappa shape index (κ1) is 14.8. The van der Waals surface area contributed by atoms with Crippen LogP contribution in [0.4, 0.5) is 0 Å². The van der Waals surface area contributed by atoms with Crippen LogP contribution in [0.15, 0.2) is 0 Å². The van der Waals surface area contributed by atoms with Crippen molar-refractivity contribution in [2.24, 2.45) is 11.3 Å². The Bertz CT molecular complexity index is 330. The van der Waals surface area contributed by atoms with Crippen LogP contribution in [0, 0.1) is 11.3 Å². The zero-order chi connectivity index (χ0) is 14.0. The number of hydrogen-bond acceptors (Lipinski definition) is 3. The topological polar surface area (TPSA) is 50.4 Å². The van der Waals surface area contributed by atoms with E-state index in [1.165, 1.54) is 6.42 Å². The van der Waals surface area contributed by atoms with Crippen LogP contribution in [0.25, 0.3) is 0 Å². The lowest BCUT2D eigenvalue weighted by Crippen LogP contribution is -2.64. The lowest BCUT2D eigenvalue weighted by molar-refractivity contribution is -0.139. The molecule has 4 nitrogen and oxygen atoms in total. The van der Waals surface area contributed by atoms with Crippen LogP contribution < -0.4 is 10.6 Å². The fourth-order valence-electron chi connectivity index (χ4n) is 3.28. The number of rotatable bonds is 4. The van der Waals surface area contributed by atoms with Gasteiger partial charge in [-0.1, -0.05) is 20.8 Å². The average Bonchev–Trinajstić information content (AvgIpc) is 2.38. The average molecular weight is 268 g/mol. The van der Waals surface area contributed by atoms with E-state index in [1.54, 1.807) is 0 Å². The van der Waals surface area contributed by atoms with Crippen molar-refractivity contribution in [1.29, 1.82) is 0 Å². The molecule has 4 heteroatoms. The lowest BCUT2D eigenvalue weighted by Gasteiger charge is -2.52. The molecule has 4 atom stereocenters. The van der Waals surface area contributed by atoms with Crippen LogP contribution in [0.2, 0.25) is 0 Å². The van der Waals surface area contributed by atoms with Gasteiger partial charge < -0.3 is 15.4 Å². The van der Waals surface area contributed by atoms with Gasteiger partial charge in [0, 0.05) is 18.1 Å². The van der Waals surface area contributed by atoms with Gasteiger partial charge in [0.2, 0.25) is 5.91 Å². The zero-order valence-corrected chi connectivity index (χ0v) is 12.7. The van der Waals surface area contributed by atoms with Gasteiger partial charge in [0.25, 0.3) is 0 Å². The molecule has 1 saturated heterocycles. The molecule has 2 aliphatic rings. The molecule has 110 valence electrons. The Hall–Kier alpha value is -0.610. The summed E-state index contributed by atoms with van der Waals surface area (Å²) in [4.78, 5) is 12.3. The first-order valence-electron chi connectivity index (χ1n) is 7.62. The molecule has 0 bridgehead atoms. The molecular formula is C15H28N2O2. The fourth-order valence-corrected chi connectivity index (χ4v) is 3.28. The molecule has 2 rings (SSSR count). The highest BCUT2D eigenvalue weighted by molar-refractivity contribution is 5.82. The van der Waals surface area contributed by atoms with Crippen LogP contribution in [0.3, 0.4) is 0 Å². The Morgan fingerprint density at radius 2 is 2.21 bits per heavy atom. The van der Waals surface area contributed by atoms with Crippen molar-refractivity contribution in [2.75, 3.05) is 13.2 Å². The Balaban J connectivity index is 1.86. The molecular weight excluding hydrogens is 240 g/mol. The first-order valence-corrected chi connectivity index (χ1v) is 7.62. The van der Waals surface area contributed by atoms with Crippen LogP contribution in [-0.2, 0) is 9.53 Å². The highest BCUT2D eigenvalue weighted by atomic mass is 16.5. The van der Waals surface area contributed by atoms with Crippen molar-refractivity contribution in [3.05, 3.63) is 0 Å². The second-order valence-electron chi connectivity index (χ2n) is 6.61. The Labute approximate surface area is 116 Å². The van der Waals surface area contributed by atoms with Gasteiger partial charge in [-0.15, -0.1) is 0 Å². The van der Waals surface area contributed by atoms with Crippen LogP contribution in [-0.4, -0.2) is 37.2 Å². The predicted molar refractivity (Wildman–Crippen MR) is 75.9 cm³/mol. The summed E-state index contributed by atoms with van der Waals surface area (Å²) >= 11 is 0. The first-order chi connectivity index (χ1) is 8.96. The number of amides is 1. The van der Waals surface area contributed by atoms with Gasteiger partial charge in [0.05, 0.1) is 12.1 Å². The number of ether oxygens (including phenoxy) is 1. The van der Waals surface area contributed by atoms with E-state index in [2.05, 4.69) is 31.4 Å². The molecule has 4 unspecified atom stereocenters. The van der Waals surface area contributed by atoms with Gasteiger partial charge >= 0.3 is 0 Å². The lowest BCUT2D eigenvalue weighted by atomic mass is 9.64. The molecule has 1 amide bonds. The Morgan fingerprint density at radius 3 is 2.79 bits per heavy atom. The maximum absolute atomic E-state index is 12.3. The van der Waals surface area contributed by atoms with Gasteiger partial charge in [-0.2, -0.15) is 0 Å². The van der Waals surface area contributed by atoms with Crippen molar-refractivity contribution in [2.45, 2.75) is 65.1 Å². The summed E-state index contributed by atoms with van der Waals surface area (Å²) in [5, 5.41) is 6.56. The smallest absolute Gasteiger partial charge is 0.237 e. The van der Waals surface area contributed by atoms with E-state index in [0.717, 1.165) is 26.0 Å². The third-order valence-corrected chi connectivity index (χ3v) is 4.91. The molecule has 1 aliphatic carbocycles. The Morgan fingerprint density at radius 1 is 1.47 bits per heavy atom. The minimum Gasteiger partial charge on any atom is -0.378 e. The predicted octanol–water partition coefficient (Wildman–Crippen LogP) is 1.69. The Kier molecular flexibility index (Phi) is 4.51. The molecule has 1 heterocycles. The van der Waals surface area contributed by atoms with E-state index in [1.807, 2.05) is 6.92 Å². The quantitative estimate of drug-likeness (QED) is 0.816. The van der Waals surface area contributed by atoms with Crippen LogP contribution >= 0.6 is 0 Å². The number of carbonyl (C=O) groups is 1. The normalized spacial score (nSPS) is 37.5. The number of nitrogens with one attached hydrogen (secondary N) is 2. The van der Waals surface area contributed by atoms with E-state index in [9.17, 15) is 4.79 Å². The van der Waals surface area contributed by atoms with E-state index < -0.39 is 0 Å². The number of piperidine rings is 1. The molecule has 19 heavy (non-hydrogen) atoms. The van der Waals surface area contributed by atoms with Gasteiger partial charge in [-0.05, 0) is 38.6 Å². The second-order valence-corrected chi connectivity index (χ2v) is 6.61. The standard InChI is InChI=1S/C15H28N2O2/c1-5-19-12-9-11(15(12,3)4)17-14(18)13-10(2)7-6-8-16-13/h10-13,16H,5-9H2,1-4H3,(H,17,18). The largest absolute Gasteiger partial charge is 0.378 e. The van der Waals surface area contributed by atoms with Gasteiger partial charge in [0.1, 0.15) is 0 Å². The maximum Gasteiger partial charge on any atom is 0.237 e. The molecule has 1 saturated carbocycles. The van der Waals surface area contributed by atoms with Crippen molar-refractivity contribution < 1.29 is 9.53 Å². The second kappa shape index (κ2) is 5.80. The van der Waals surface area contributed by atoms with E-state index in [0.29, 0.717) is 5.92 Å². The zero-order valence-electron chi connectivity index (χ0n) is 12.7. The van der Waals surface area contributed by atoms with E-state index >= 15 is 0 Å². The molecule has 2 fully saturated rings. The summed E-state index contributed by atoms with van der Waals surface area (Å²) in [7, 11) is 0.